The van der Waals surface area contributed by atoms with Crippen LogP contribution in [0, 0.1) is 0 Å². The molecular weight excluding hydrogens is 254 g/mol. The molecule has 1 aromatic heterocycles. The number of carbonyl (C=O) groups is 1. The fourth-order valence-electron chi connectivity index (χ4n) is 1.50. The quantitative estimate of drug-likeness (QED) is 0.855. The van der Waals surface area contributed by atoms with Crippen molar-refractivity contribution in [1.82, 2.24) is 14.5 Å². The summed E-state index contributed by atoms with van der Waals surface area (Å²) in [5, 5.41) is 12.7. The number of morpholine rings is 1. The van der Waals surface area contributed by atoms with Crippen LogP contribution in [0.2, 0.25) is 4.34 Å². The molecule has 6 nitrogen and oxygen atoms in total. The first-order valence-corrected chi connectivity index (χ1v) is 5.85. The first-order chi connectivity index (χ1) is 7.66. The van der Waals surface area contributed by atoms with Crippen LogP contribution in [-0.2, 0) is 16.1 Å². The molecule has 0 saturated carbocycles. The Bertz CT molecular complexity index is 386. The first-order valence-electron chi connectivity index (χ1n) is 4.70. The van der Waals surface area contributed by atoms with E-state index in [0.717, 1.165) is 11.5 Å². The summed E-state index contributed by atoms with van der Waals surface area (Å²) in [7, 11) is 0. The van der Waals surface area contributed by atoms with E-state index < -0.39 is 12.1 Å². The van der Waals surface area contributed by atoms with Gasteiger partial charge in [0, 0.05) is 31.2 Å². The highest BCUT2D eigenvalue weighted by molar-refractivity contribution is 7.10. The Kier molecular flexibility index (Phi) is 3.70. The zero-order chi connectivity index (χ0) is 11.5. The van der Waals surface area contributed by atoms with Gasteiger partial charge in [-0.2, -0.15) is 0 Å². The Balaban J connectivity index is 1.95. The summed E-state index contributed by atoms with van der Waals surface area (Å²) >= 11 is 7.01. The fourth-order valence-corrected chi connectivity index (χ4v) is 2.11. The minimum absolute atomic E-state index is 0.350. The van der Waals surface area contributed by atoms with E-state index in [1.807, 2.05) is 4.90 Å². The number of aromatic nitrogens is 2. The molecule has 88 valence electrons. The summed E-state index contributed by atoms with van der Waals surface area (Å²) in [5.74, 6) is -0.938. The number of carboxylic acids is 1. The SMILES string of the molecule is O=C(O)C1CN(Cc2nnsc2Cl)CCO1. The Hall–Kier alpha value is -0.760. The summed E-state index contributed by atoms with van der Waals surface area (Å²) < 4.78 is 9.39. The average Bonchev–Trinajstić information content (AvgIpc) is 2.65. The summed E-state index contributed by atoms with van der Waals surface area (Å²) in [4.78, 5) is 12.7. The molecule has 1 aromatic rings. The van der Waals surface area contributed by atoms with E-state index in [-0.39, 0.29) is 0 Å². The van der Waals surface area contributed by atoms with Crippen molar-refractivity contribution in [3.63, 3.8) is 0 Å². The Morgan fingerprint density at radius 2 is 2.56 bits per heavy atom. The van der Waals surface area contributed by atoms with Crippen molar-refractivity contribution in [3.05, 3.63) is 10.0 Å². The second-order valence-corrected chi connectivity index (χ2v) is 4.78. The van der Waals surface area contributed by atoms with Crippen molar-refractivity contribution < 1.29 is 14.6 Å². The van der Waals surface area contributed by atoms with Crippen molar-refractivity contribution in [2.24, 2.45) is 0 Å². The summed E-state index contributed by atoms with van der Waals surface area (Å²) in [6.07, 6.45) is -0.765. The second kappa shape index (κ2) is 5.05. The lowest BCUT2D eigenvalue weighted by atomic mass is 10.2. The monoisotopic (exact) mass is 263 g/mol. The number of nitrogens with zero attached hydrogens (tertiary/aromatic N) is 3. The van der Waals surface area contributed by atoms with Gasteiger partial charge in [0.05, 0.1) is 6.61 Å². The highest BCUT2D eigenvalue weighted by Gasteiger charge is 2.26. The first kappa shape index (κ1) is 11.7. The molecule has 1 atom stereocenters. The van der Waals surface area contributed by atoms with Crippen molar-refractivity contribution >= 4 is 29.1 Å². The predicted octanol–water partition coefficient (Wildman–Crippen LogP) is 0.477. The van der Waals surface area contributed by atoms with Crippen molar-refractivity contribution in [3.8, 4) is 0 Å². The van der Waals surface area contributed by atoms with Gasteiger partial charge in [-0.05, 0) is 0 Å². The Labute approximate surface area is 101 Å². The van der Waals surface area contributed by atoms with Crippen molar-refractivity contribution in [2.45, 2.75) is 12.6 Å². The molecule has 1 saturated heterocycles. The summed E-state index contributed by atoms with van der Waals surface area (Å²) in [6.45, 7) is 1.95. The molecule has 0 aromatic carbocycles. The molecular formula is C8H10ClN3O3S. The number of ether oxygens (including phenoxy) is 1. The van der Waals surface area contributed by atoms with Gasteiger partial charge in [0.15, 0.2) is 6.10 Å². The Morgan fingerprint density at radius 3 is 3.19 bits per heavy atom. The maximum atomic E-state index is 10.8. The zero-order valence-electron chi connectivity index (χ0n) is 8.30. The van der Waals surface area contributed by atoms with Crippen LogP contribution in [0.25, 0.3) is 0 Å². The highest BCUT2D eigenvalue weighted by atomic mass is 35.5. The standard InChI is InChI=1S/C8H10ClN3O3S/c9-7-5(10-11-16-7)3-12-1-2-15-6(4-12)8(13)14/h6H,1-4H2,(H,13,14). The number of rotatable bonds is 3. The average molecular weight is 264 g/mol. The minimum atomic E-state index is -0.938. The molecule has 1 unspecified atom stereocenters. The predicted molar refractivity (Wildman–Crippen MR) is 57.6 cm³/mol. The van der Waals surface area contributed by atoms with Crippen LogP contribution in [0.15, 0.2) is 0 Å². The van der Waals surface area contributed by atoms with Gasteiger partial charge in [0.25, 0.3) is 0 Å². The van der Waals surface area contributed by atoms with Gasteiger partial charge in [0.1, 0.15) is 10.0 Å². The molecule has 0 bridgehead atoms. The van der Waals surface area contributed by atoms with E-state index in [1.54, 1.807) is 0 Å². The van der Waals surface area contributed by atoms with Crippen molar-refractivity contribution in [2.75, 3.05) is 19.7 Å². The third-order valence-corrected chi connectivity index (χ3v) is 3.29. The third-order valence-electron chi connectivity index (χ3n) is 2.31. The normalized spacial score (nSPS) is 22.2. The van der Waals surface area contributed by atoms with Crippen LogP contribution in [0.1, 0.15) is 5.69 Å². The maximum absolute atomic E-state index is 10.8. The van der Waals surface area contributed by atoms with Gasteiger partial charge in [-0.1, -0.05) is 16.1 Å². The molecule has 2 heterocycles. The summed E-state index contributed by atoms with van der Waals surface area (Å²) in [6, 6.07) is 0. The number of aliphatic carboxylic acids is 1. The zero-order valence-corrected chi connectivity index (χ0v) is 9.87. The highest BCUT2D eigenvalue weighted by Crippen LogP contribution is 2.19. The van der Waals surface area contributed by atoms with Crippen LogP contribution >= 0.6 is 23.1 Å². The largest absolute Gasteiger partial charge is 0.479 e. The third kappa shape index (κ3) is 2.67. The van der Waals surface area contributed by atoms with Gasteiger partial charge >= 0.3 is 5.97 Å². The van der Waals surface area contributed by atoms with E-state index >= 15 is 0 Å². The summed E-state index contributed by atoms with van der Waals surface area (Å²) in [5.41, 5.74) is 0.692. The molecule has 1 aliphatic rings. The number of halogens is 1. The van der Waals surface area contributed by atoms with Gasteiger partial charge in [-0.15, -0.1) is 5.10 Å². The lowest BCUT2D eigenvalue weighted by Crippen LogP contribution is -2.45. The molecule has 0 aliphatic carbocycles. The van der Waals surface area contributed by atoms with E-state index in [9.17, 15) is 4.79 Å². The van der Waals surface area contributed by atoms with Crippen LogP contribution in [0.4, 0.5) is 0 Å². The molecule has 2 rings (SSSR count). The molecule has 1 aliphatic heterocycles. The second-order valence-electron chi connectivity index (χ2n) is 3.43. The lowest BCUT2D eigenvalue weighted by Gasteiger charge is -2.30. The van der Waals surface area contributed by atoms with Gasteiger partial charge < -0.3 is 9.84 Å². The smallest absolute Gasteiger partial charge is 0.334 e. The van der Waals surface area contributed by atoms with Gasteiger partial charge in [-0.25, -0.2) is 4.79 Å². The molecule has 1 fully saturated rings. The van der Waals surface area contributed by atoms with Crippen LogP contribution in [0.3, 0.4) is 0 Å². The van der Waals surface area contributed by atoms with E-state index in [0.29, 0.717) is 36.3 Å². The molecule has 1 N–H and O–H groups in total. The number of carboxylic acid groups (broad SMARTS) is 1. The van der Waals surface area contributed by atoms with E-state index in [4.69, 9.17) is 21.4 Å². The molecule has 0 amide bonds. The van der Waals surface area contributed by atoms with E-state index in [1.165, 1.54) is 0 Å². The molecule has 0 radical (unpaired) electrons. The van der Waals surface area contributed by atoms with Crippen LogP contribution < -0.4 is 0 Å². The lowest BCUT2D eigenvalue weighted by molar-refractivity contribution is -0.156. The molecule has 0 spiro atoms. The van der Waals surface area contributed by atoms with Gasteiger partial charge in [-0.3, -0.25) is 4.90 Å². The Morgan fingerprint density at radius 1 is 1.75 bits per heavy atom. The molecule has 8 heteroatoms. The maximum Gasteiger partial charge on any atom is 0.334 e. The van der Waals surface area contributed by atoms with Crippen LogP contribution in [-0.4, -0.2) is 51.4 Å². The van der Waals surface area contributed by atoms with Gasteiger partial charge in [0.2, 0.25) is 0 Å². The molecule has 16 heavy (non-hydrogen) atoms. The van der Waals surface area contributed by atoms with E-state index in [2.05, 4.69) is 9.59 Å². The number of hydrogen-bond donors (Lipinski definition) is 1. The number of hydrogen-bond acceptors (Lipinski definition) is 6. The van der Waals surface area contributed by atoms with Crippen molar-refractivity contribution in [1.29, 1.82) is 0 Å². The minimum Gasteiger partial charge on any atom is -0.479 e. The fraction of sp³-hybridized carbons (Fsp3) is 0.625. The topological polar surface area (TPSA) is 75.5 Å². The van der Waals surface area contributed by atoms with Crippen LogP contribution in [0.5, 0.6) is 0 Å².